The molecule has 0 radical (unpaired) electrons. The van der Waals surface area contributed by atoms with Crippen molar-refractivity contribution in [1.29, 1.82) is 0 Å². The van der Waals surface area contributed by atoms with Crippen LogP contribution in [0.5, 0.6) is 0 Å². The summed E-state index contributed by atoms with van der Waals surface area (Å²) in [5, 5.41) is 7.58. The number of para-hydroxylation sites is 2. The third-order valence-corrected chi connectivity index (χ3v) is 4.42. The number of rotatable bonds is 4. The molecule has 1 N–H and O–H groups in total. The Hall–Kier alpha value is -3.43. The molecule has 0 saturated heterocycles. The van der Waals surface area contributed by atoms with Crippen LogP contribution in [0, 0.1) is 0 Å². The normalized spacial score (nSPS) is 12.2. The lowest BCUT2D eigenvalue weighted by Crippen LogP contribution is -2.23. The molecule has 0 fully saturated rings. The second-order valence-corrected chi connectivity index (χ2v) is 6.88. The second kappa shape index (κ2) is 6.87. The van der Waals surface area contributed by atoms with Crippen LogP contribution in [0.2, 0.25) is 0 Å². The van der Waals surface area contributed by atoms with Crippen molar-refractivity contribution in [2.24, 2.45) is 0 Å². The number of nitrogens with one attached hydrogen (secondary N) is 1. The maximum atomic E-state index is 13.4. The molecule has 29 heavy (non-hydrogen) atoms. The quantitative estimate of drug-likeness (QED) is 0.559. The molecule has 0 aliphatic carbocycles. The van der Waals surface area contributed by atoms with Crippen molar-refractivity contribution in [3.05, 3.63) is 48.5 Å². The first-order chi connectivity index (χ1) is 13.7. The van der Waals surface area contributed by atoms with Gasteiger partial charge >= 0.3 is 6.18 Å². The fourth-order valence-electron chi connectivity index (χ4n) is 3.18. The monoisotopic (exact) mass is 402 g/mol. The van der Waals surface area contributed by atoms with Crippen LogP contribution in [0.25, 0.3) is 22.1 Å². The van der Waals surface area contributed by atoms with Gasteiger partial charge in [0.1, 0.15) is 6.54 Å². The molecular formula is C19H17F3N6O. The molecular weight excluding hydrogens is 385 g/mol. The number of carbonyl (C=O) groups is 1. The highest BCUT2D eigenvalue weighted by molar-refractivity contribution is 5.93. The molecule has 0 spiro atoms. The molecule has 0 aliphatic heterocycles. The van der Waals surface area contributed by atoms with E-state index in [9.17, 15) is 18.0 Å². The Kier molecular flexibility index (Phi) is 4.48. The van der Waals surface area contributed by atoms with Gasteiger partial charge in [0, 0.05) is 11.4 Å². The summed E-state index contributed by atoms with van der Waals surface area (Å²) in [5.74, 6) is -1.73. The van der Waals surface area contributed by atoms with Crippen molar-refractivity contribution in [2.45, 2.75) is 32.6 Å². The lowest BCUT2D eigenvalue weighted by molar-refractivity contribution is -0.147. The number of anilines is 1. The Morgan fingerprint density at radius 1 is 1.21 bits per heavy atom. The number of alkyl halides is 3. The largest absolute Gasteiger partial charge is 0.449 e. The number of nitrogens with zero attached hydrogens (tertiary/aromatic N) is 5. The minimum atomic E-state index is -4.68. The smallest absolute Gasteiger partial charge is 0.323 e. The number of halogens is 3. The summed E-state index contributed by atoms with van der Waals surface area (Å²) in [6.07, 6.45) is -1.59. The van der Waals surface area contributed by atoms with E-state index in [0.29, 0.717) is 11.3 Å². The van der Waals surface area contributed by atoms with Crippen molar-refractivity contribution in [3.63, 3.8) is 0 Å². The van der Waals surface area contributed by atoms with Crippen LogP contribution in [-0.4, -0.2) is 30.2 Å². The van der Waals surface area contributed by atoms with Gasteiger partial charge in [0.05, 0.1) is 29.1 Å². The van der Waals surface area contributed by atoms with Crippen molar-refractivity contribution < 1.29 is 18.0 Å². The number of hydrogen-bond donors (Lipinski definition) is 1. The third kappa shape index (κ3) is 3.53. The van der Waals surface area contributed by atoms with Crippen LogP contribution in [-0.2, 0) is 17.5 Å². The van der Waals surface area contributed by atoms with Crippen LogP contribution in [0.3, 0.4) is 0 Å². The molecule has 4 rings (SSSR count). The van der Waals surface area contributed by atoms with Crippen LogP contribution in [0.4, 0.5) is 18.9 Å². The van der Waals surface area contributed by atoms with E-state index < -0.39 is 24.5 Å². The second-order valence-electron chi connectivity index (χ2n) is 6.88. The first-order valence-electron chi connectivity index (χ1n) is 8.89. The summed E-state index contributed by atoms with van der Waals surface area (Å²) in [6.45, 7) is 3.41. The Labute approximate surface area is 163 Å². The molecule has 0 unspecified atom stereocenters. The van der Waals surface area contributed by atoms with E-state index in [1.807, 2.05) is 13.8 Å². The highest BCUT2D eigenvalue weighted by atomic mass is 19.4. The van der Waals surface area contributed by atoms with Gasteiger partial charge in [0.25, 0.3) is 0 Å². The average Bonchev–Trinajstić information content (AvgIpc) is 3.23. The van der Waals surface area contributed by atoms with Gasteiger partial charge < -0.3 is 9.88 Å². The van der Waals surface area contributed by atoms with Crippen LogP contribution < -0.4 is 5.32 Å². The van der Waals surface area contributed by atoms with Crippen LogP contribution in [0.1, 0.15) is 25.7 Å². The molecule has 1 aromatic carbocycles. The Balaban J connectivity index is 1.61. The number of hydrogen-bond acceptors (Lipinski definition) is 4. The average molecular weight is 402 g/mol. The SMILES string of the molecule is CC(C)n1ncc2cc(NC(=O)Cn3c(C(F)(F)F)nc4ccccc43)cnc21. The molecule has 0 saturated carbocycles. The van der Waals surface area contributed by atoms with Gasteiger partial charge in [-0.1, -0.05) is 12.1 Å². The zero-order valence-corrected chi connectivity index (χ0v) is 15.6. The fourth-order valence-corrected chi connectivity index (χ4v) is 3.18. The number of imidazole rings is 1. The van der Waals surface area contributed by atoms with E-state index in [2.05, 4.69) is 20.4 Å². The molecule has 10 heteroatoms. The van der Waals surface area contributed by atoms with Gasteiger partial charge in [-0.25, -0.2) is 14.6 Å². The van der Waals surface area contributed by atoms with Crippen LogP contribution in [0.15, 0.2) is 42.7 Å². The summed E-state index contributed by atoms with van der Waals surface area (Å²) in [7, 11) is 0. The number of amides is 1. The minimum Gasteiger partial charge on any atom is -0.323 e. The van der Waals surface area contributed by atoms with Crippen LogP contribution >= 0.6 is 0 Å². The van der Waals surface area contributed by atoms with E-state index in [4.69, 9.17) is 0 Å². The Bertz CT molecular complexity index is 1210. The van der Waals surface area contributed by atoms with E-state index in [1.54, 1.807) is 29.1 Å². The van der Waals surface area contributed by atoms with E-state index in [0.717, 1.165) is 9.95 Å². The summed E-state index contributed by atoms with van der Waals surface area (Å²) < 4.78 is 42.7. The zero-order valence-electron chi connectivity index (χ0n) is 15.6. The van der Waals surface area contributed by atoms with E-state index in [1.165, 1.54) is 18.3 Å². The molecule has 0 aliphatic rings. The van der Waals surface area contributed by atoms with E-state index in [-0.39, 0.29) is 17.1 Å². The molecule has 7 nitrogen and oxygen atoms in total. The fraction of sp³-hybridized carbons (Fsp3) is 0.263. The van der Waals surface area contributed by atoms with Crippen molar-refractivity contribution in [2.75, 3.05) is 5.32 Å². The molecule has 3 heterocycles. The highest BCUT2D eigenvalue weighted by Crippen LogP contribution is 2.31. The molecule has 0 atom stereocenters. The van der Waals surface area contributed by atoms with Crippen molar-refractivity contribution in [1.82, 2.24) is 24.3 Å². The summed E-state index contributed by atoms with van der Waals surface area (Å²) in [5.41, 5.74) is 1.46. The van der Waals surface area contributed by atoms with Crippen molar-refractivity contribution in [3.8, 4) is 0 Å². The Morgan fingerprint density at radius 3 is 2.69 bits per heavy atom. The highest BCUT2D eigenvalue weighted by Gasteiger charge is 2.38. The molecule has 4 aromatic rings. The maximum absolute atomic E-state index is 13.4. The molecule has 1 amide bonds. The number of aromatic nitrogens is 5. The molecule has 0 bridgehead atoms. The maximum Gasteiger partial charge on any atom is 0.449 e. The van der Waals surface area contributed by atoms with E-state index >= 15 is 0 Å². The summed E-state index contributed by atoms with van der Waals surface area (Å²) >= 11 is 0. The zero-order chi connectivity index (χ0) is 20.8. The standard InChI is InChI=1S/C19H17F3N6O/c1-11(2)28-17-12(8-24-28)7-13(9-23-17)25-16(29)10-27-15-6-4-3-5-14(15)26-18(27)19(20,21)22/h3-9,11H,10H2,1-2H3,(H,25,29). The predicted octanol–water partition coefficient (Wildman–Crippen LogP) is 4.02. The lowest BCUT2D eigenvalue weighted by Gasteiger charge is -2.12. The number of carbonyl (C=O) groups excluding carboxylic acids is 1. The lowest BCUT2D eigenvalue weighted by atomic mass is 10.3. The Morgan fingerprint density at radius 2 is 1.97 bits per heavy atom. The first kappa shape index (κ1) is 18.9. The van der Waals surface area contributed by atoms with Gasteiger partial charge in [0.15, 0.2) is 5.65 Å². The first-order valence-corrected chi connectivity index (χ1v) is 8.89. The molecule has 3 aromatic heterocycles. The third-order valence-electron chi connectivity index (χ3n) is 4.42. The number of pyridine rings is 1. The summed E-state index contributed by atoms with van der Waals surface area (Å²) in [6, 6.07) is 7.97. The predicted molar refractivity (Wildman–Crippen MR) is 101 cm³/mol. The van der Waals surface area contributed by atoms with Gasteiger partial charge in [-0.3, -0.25) is 4.79 Å². The topological polar surface area (TPSA) is 77.6 Å². The summed E-state index contributed by atoms with van der Waals surface area (Å²) in [4.78, 5) is 20.4. The van der Waals surface area contributed by atoms with Crippen molar-refractivity contribution >= 4 is 33.7 Å². The van der Waals surface area contributed by atoms with Gasteiger partial charge in [-0.05, 0) is 32.0 Å². The van der Waals surface area contributed by atoms with Gasteiger partial charge in [-0.2, -0.15) is 18.3 Å². The van der Waals surface area contributed by atoms with Gasteiger partial charge in [-0.15, -0.1) is 0 Å². The van der Waals surface area contributed by atoms with Gasteiger partial charge in [0.2, 0.25) is 11.7 Å². The molecule has 150 valence electrons. The minimum absolute atomic E-state index is 0.121. The number of fused-ring (bicyclic) bond motifs is 2. The number of benzene rings is 1.